The minimum atomic E-state index is 0. The molecule has 0 saturated heterocycles. The van der Waals surface area contributed by atoms with E-state index in [-0.39, 0.29) is 37.2 Å². The molecule has 0 aliphatic heterocycles. The van der Waals surface area contributed by atoms with Crippen LogP contribution in [0.2, 0.25) is 26.2 Å². The molecule has 4 aliphatic carbocycles. The summed E-state index contributed by atoms with van der Waals surface area (Å²) in [5.74, 6) is 1.10. The summed E-state index contributed by atoms with van der Waals surface area (Å²) in [6, 6.07) is 0. The van der Waals surface area contributed by atoms with E-state index in [1.54, 1.807) is 0 Å². The summed E-state index contributed by atoms with van der Waals surface area (Å²) in [6.07, 6.45) is 31.3. The first-order valence-corrected chi connectivity index (χ1v) is 21.6. The third-order valence-corrected chi connectivity index (χ3v) is 4.24. The number of halogens is 2. The Morgan fingerprint density at radius 3 is 1.00 bits per heavy atom. The van der Waals surface area contributed by atoms with Gasteiger partial charge in [0.15, 0.2) is 0 Å². The number of hydrogen-bond donors (Lipinski definition) is 0. The second-order valence-electron chi connectivity index (χ2n) is 8.82. The van der Waals surface area contributed by atoms with Crippen LogP contribution in [-0.4, -0.2) is 12.4 Å². The summed E-state index contributed by atoms with van der Waals surface area (Å²) in [4.78, 5) is 0. The number of hydrogen-bond acceptors (Lipinski definition) is 0. The molecule has 0 aromatic carbocycles. The maximum absolute atomic E-state index is 3.29. The van der Waals surface area contributed by atoms with Crippen molar-refractivity contribution in [3.8, 4) is 0 Å². The average molecular weight is 627 g/mol. The topological polar surface area (TPSA) is 0 Å². The molecule has 2 atom stereocenters. The van der Waals surface area contributed by atoms with Crippen molar-refractivity contribution in [1.82, 2.24) is 0 Å². The van der Waals surface area contributed by atoms with Crippen molar-refractivity contribution in [1.29, 1.82) is 0 Å². The molecule has 0 saturated carbocycles. The molecule has 4 aliphatic rings. The van der Waals surface area contributed by atoms with Gasteiger partial charge in [-0.15, -0.1) is 26.7 Å². The molecule has 0 bridgehead atoms. The Kier molecular flexibility index (Phi) is 34.2. The molecule has 4 rings (SSSR count). The quantitative estimate of drug-likeness (QED) is 0.287. The minimum Gasteiger partial charge on any atom is -1.00 e. The molecule has 0 spiro atoms. The molecule has 0 heterocycles. The molecule has 0 nitrogen and oxygen atoms in total. The predicted molar refractivity (Wildman–Crippen MR) is 149 cm³/mol. The Labute approximate surface area is 261 Å². The monoisotopic (exact) mass is 626 g/mol. The summed E-state index contributed by atoms with van der Waals surface area (Å²) >= 11 is 4.54. The fourth-order valence-corrected chi connectivity index (χ4v) is 2.67. The van der Waals surface area contributed by atoms with Crippen LogP contribution in [-0.2, 0) is 38.3 Å². The summed E-state index contributed by atoms with van der Waals surface area (Å²) in [7, 11) is 0. The number of allylic oxidation sites excluding steroid dienone is 16. The van der Waals surface area contributed by atoms with Gasteiger partial charge >= 0.3 is 76.9 Å². The molecule has 0 aromatic rings. The summed E-state index contributed by atoms with van der Waals surface area (Å²) < 4.78 is 0. The molecular weight excluding hydrogens is 583 g/mol. The Balaban J connectivity index is -0.000000173. The smallest absolute Gasteiger partial charge is 0.109 e. The normalized spacial score (nSPS) is 18.7. The van der Waals surface area contributed by atoms with E-state index < -0.39 is 0 Å². The molecule has 0 amide bonds. The first-order valence-electron chi connectivity index (χ1n) is 11.9. The first kappa shape index (κ1) is 43.4. The van der Waals surface area contributed by atoms with Crippen molar-refractivity contribution >= 4 is 12.4 Å². The van der Waals surface area contributed by atoms with Gasteiger partial charge in [-0.1, -0.05) is 39.5 Å². The van der Waals surface area contributed by atoms with Crippen molar-refractivity contribution in [2.75, 3.05) is 0 Å². The largest absolute Gasteiger partial charge is 1.00 e. The standard InChI is InChI=1S/2C8H11.2C5H5.2C2H6Si.2ClH.2Ti/c2*1-6-4-7(2)8(3)5-6;2*1-2-4-5-3-1;2*1-3-2;;;;/h2*4,6H,1-3H3;2*1-3H,4H2;2*1-2H3;2*1H;;/q4*-1;;;;;2*+2/p-2. The first-order chi connectivity index (χ1) is 15.9. The van der Waals surface area contributed by atoms with E-state index in [0.29, 0.717) is 11.8 Å². The van der Waals surface area contributed by atoms with Gasteiger partial charge < -0.3 is 24.8 Å². The van der Waals surface area contributed by atoms with Gasteiger partial charge in [-0.05, 0) is 0 Å². The van der Waals surface area contributed by atoms with Crippen LogP contribution < -0.4 is 24.8 Å². The van der Waals surface area contributed by atoms with E-state index in [1.165, 1.54) is 22.3 Å². The van der Waals surface area contributed by atoms with Gasteiger partial charge in [-0.2, -0.15) is 24.3 Å². The maximum Gasteiger partial charge on any atom is -0.109 e. The molecule has 6 heteroatoms. The van der Waals surface area contributed by atoms with Crippen LogP contribution in [0.4, 0.5) is 0 Å². The van der Waals surface area contributed by atoms with E-state index in [1.807, 2.05) is 24.3 Å². The van der Waals surface area contributed by atoms with E-state index in [2.05, 4.69) is 155 Å². The zero-order chi connectivity index (χ0) is 26.5. The molecule has 0 aromatic heterocycles. The predicted octanol–water partition coefficient (Wildman–Crippen LogP) is 2.85. The van der Waals surface area contributed by atoms with Gasteiger partial charge in [0.2, 0.25) is 0 Å². The zero-order valence-electron chi connectivity index (χ0n) is 23.9. The van der Waals surface area contributed by atoms with Gasteiger partial charge in [-0.3, -0.25) is 24.3 Å². The van der Waals surface area contributed by atoms with Crippen LogP contribution in [0.3, 0.4) is 0 Å². The molecule has 0 fully saturated rings. The van der Waals surface area contributed by atoms with Crippen molar-refractivity contribution in [3.63, 3.8) is 0 Å². The third-order valence-electron chi connectivity index (χ3n) is 4.24. The van der Waals surface area contributed by atoms with E-state index in [0.717, 1.165) is 12.8 Å². The van der Waals surface area contributed by atoms with Crippen LogP contribution >= 0.6 is 0 Å². The molecule has 2 unspecified atom stereocenters. The van der Waals surface area contributed by atoms with Crippen molar-refractivity contribution in [2.45, 2.75) is 80.6 Å². The Hall–Kier alpha value is 0.362. The van der Waals surface area contributed by atoms with Crippen LogP contribution in [0.25, 0.3) is 0 Å². The Morgan fingerprint density at radius 1 is 0.667 bits per heavy atom. The van der Waals surface area contributed by atoms with Crippen LogP contribution in [0.5, 0.6) is 0 Å². The molecule has 196 valence electrons. The second-order valence-corrected chi connectivity index (χ2v) is 22.2. The fraction of sp³-hybridized carbons (Fsp3) is 0.467. The van der Waals surface area contributed by atoms with Gasteiger partial charge in [0.05, 0.1) is 0 Å². The molecule has 0 N–H and O–H groups in total. The maximum atomic E-state index is 3.29. The van der Waals surface area contributed by atoms with E-state index >= 15 is 0 Å². The Bertz CT molecular complexity index is 737. The summed E-state index contributed by atoms with van der Waals surface area (Å²) in [6.45, 7) is 21.9. The van der Waals surface area contributed by atoms with Crippen LogP contribution in [0.1, 0.15) is 54.4 Å². The van der Waals surface area contributed by atoms with Gasteiger partial charge in [-0.25, -0.2) is 46.6 Å². The summed E-state index contributed by atoms with van der Waals surface area (Å²) in [5, 5.41) is 0. The average Bonchev–Trinajstić information content (AvgIpc) is 3.50. The molecular formula is C30H44Cl2Si2Ti2-2. The van der Waals surface area contributed by atoms with Crippen molar-refractivity contribution < 1.29 is 63.2 Å². The van der Waals surface area contributed by atoms with Crippen molar-refractivity contribution in [3.05, 3.63) is 95.2 Å². The molecule has 0 radical (unpaired) electrons. The minimum absolute atomic E-state index is 0. The van der Waals surface area contributed by atoms with Crippen LogP contribution in [0, 0.1) is 36.1 Å². The van der Waals surface area contributed by atoms with Crippen LogP contribution in [0.15, 0.2) is 70.9 Å². The zero-order valence-corrected chi connectivity index (χ0v) is 30.6. The third kappa shape index (κ3) is 32.4. The van der Waals surface area contributed by atoms with Gasteiger partial charge in [0, 0.05) is 0 Å². The van der Waals surface area contributed by atoms with E-state index in [4.69, 9.17) is 0 Å². The van der Waals surface area contributed by atoms with Crippen molar-refractivity contribution in [2.24, 2.45) is 11.8 Å². The molecule has 36 heavy (non-hydrogen) atoms. The van der Waals surface area contributed by atoms with E-state index in [9.17, 15) is 0 Å². The van der Waals surface area contributed by atoms with Gasteiger partial charge in [0.25, 0.3) is 0 Å². The van der Waals surface area contributed by atoms with Gasteiger partial charge in [0.1, 0.15) is 0 Å². The Morgan fingerprint density at radius 2 is 0.944 bits per heavy atom. The summed E-state index contributed by atoms with van der Waals surface area (Å²) in [5.41, 5.74) is 5.41. The number of rotatable bonds is 0. The fourth-order valence-electron chi connectivity index (χ4n) is 2.67. The SMILES string of the molecule is CC1=[C-]C(C)C=C1C.CC1=[C-]C(C)C=C1C.C[Si](C)=[Ti+2].C[Si](C)=[Ti+2].[C-]1=CC=CC1.[C-]1=CC=CC1.[Cl-].[Cl-]. The second kappa shape index (κ2) is 28.4.